The zero-order valence-electron chi connectivity index (χ0n) is 8.35. The summed E-state index contributed by atoms with van der Waals surface area (Å²) in [5.74, 6) is 0. The molecule has 0 radical (unpaired) electrons. The lowest BCUT2D eigenvalue weighted by Crippen LogP contribution is -2.42. The van der Waals surface area contributed by atoms with Crippen molar-refractivity contribution in [2.75, 3.05) is 33.4 Å². The molecule has 2 aliphatic heterocycles. The van der Waals surface area contributed by atoms with Crippen LogP contribution in [0.4, 0.5) is 4.39 Å². The summed E-state index contributed by atoms with van der Waals surface area (Å²) in [5, 5.41) is 3.29. The fourth-order valence-electron chi connectivity index (χ4n) is 2.90. The molecular weight excluding hydrogens is 167 g/mol. The second-order valence-electron chi connectivity index (χ2n) is 4.78. The zero-order valence-corrected chi connectivity index (χ0v) is 8.35. The zero-order chi connectivity index (χ0) is 9.31. The molecule has 2 rings (SSSR count). The van der Waals surface area contributed by atoms with Gasteiger partial charge < -0.3 is 10.2 Å². The maximum atomic E-state index is 12.5. The Morgan fingerprint density at radius 2 is 2.46 bits per heavy atom. The van der Waals surface area contributed by atoms with Crippen molar-refractivity contribution in [1.82, 2.24) is 10.2 Å². The van der Waals surface area contributed by atoms with Crippen LogP contribution in [0.15, 0.2) is 0 Å². The largest absolute Gasteiger partial charge is 0.311 e. The van der Waals surface area contributed by atoms with Gasteiger partial charge in [0.2, 0.25) is 0 Å². The molecule has 2 heterocycles. The average Bonchev–Trinajstić information content (AvgIpc) is 2.48. The molecule has 2 aliphatic rings. The molecule has 2 saturated heterocycles. The topological polar surface area (TPSA) is 15.3 Å². The lowest BCUT2D eigenvalue weighted by atomic mass is 9.78. The summed E-state index contributed by atoms with van der Waals surface area (Å²) in [6.45, 7) is 3.18. The Labute approximate surface area is 79.5 Å². The molecule has 76 valence electrons. The maximum Gasteiger partial charge on any atom is 0.105 e. The van der Waals surface area contributed by atoms with Gasteiger partial charge in [0.05, 0.1) is 0 Å². The number of alkyl halides is 1. The van der Waals surface area contributed by atoms with Gasteiger partial charge >= 0.3 is 0 Å². The van der Waals surface area contributed by atoms with Gasteiger partial charge in [0, 0.05) is 19.1 Å². The highest BCUT2D eigenvalue weighted by atomic mass is 19.1. The van der Waals surface area contributed by atoms with E-state index in [0.717, 1.165) is 19.5 Å². The Bertz CT molecular complexity index is 186. The molecule has 1 spiro atoms. The number of nitrogens with one attached hydrogen (secondary N) is 1. The van der Waals surface area contributed by atoms with Gasteiger partial charge in [-0.05, 0) is 38.3 Å². The van der Waals surface area contributed by atoms with E-state index in [1.807, 2.05) is 0 Å². The van der Waals surface area contributed by atoms with Gasteiger partial charge in [0.1, 0.15) is 6.67 Å². The Morgan fingerprint density at radius 3 is 3.08 bits per heavy atom. The fourth-order valence-corrected chi connectivity index (χ4v) is 2.90. The lowest BCUT2D eigenvalue weighted by Gasteiger charge is -2.38. The third-order valence-electron chi connectivity index (χ3n) is 3.48. The lowest BCUT2D eigenvalue weighted by molar-refractivity contribution is 0.123. The van der Waals surface area contributed by atoms with Crippen molar-refractivity contribution >= 4 is 0 Å². The Morgan fingerprint density at radius 1 is 1.62 bits per heavy atom. The third-order valence-corrected chi connectivity index (χ3v) is 3.48. The van der Waals surface area contributed by atoms with Crippen molar-refractivity contribution in [2.45, 2.75) is 25.3 Å². The van der Waals surface area contributed by atoms with E-state index in [1.54, 1.807) is 0 Å². The molecule has 0 aromatic rings. The van der Waals surface area contributed by atoms with Crippen molar-refractivity contribution in [3.8, 4) is 0 Å². The van der Waals surface area contributed by atoms with Crippen LogP contribution >= 0.6 is 0 Å². The van der Waals surface area contributed by atoms with E-state index in [0.29, 0.717) is 5.41 Å². The minimum absolute atomic E-state index is 0.131. The SMILES string of the molecule is CN1CCCC2(CNC(CF)C2)C1. The van der Waals surface area contributed by atoms with Crippen LogP contribution in [0.2, 0.25) is 0 Å². The molecule has 13 heavy (non-hydrogen) atoms. The first-order chi connectivity index (χ1) is 6.24. The molecule has 0 aliphatic carbocycles. The second kappa shape index (κ2) is 3.54. The van der Waals surface area contributed by atoms with Crippen LogP contribution < -0.4 is 5.32 Å². The molecule has 0 aromatic heterocycles. The molecule has 0 amide bonds. The predicted molar refractivity (Wildman–Crippen MR) is 51.5 cm³/mol. The number of piperidine rings is 1. The summed E-state index contributed by atoms with van der Waals surface area (Å²) in [4.78, 5) is 2.38. The quantitative estimate of drug-likeness (QED) is 0.658. The van der Waals surface area contributed by atoms with Crippen molar-refractivity contribution < 1.29 is 4.39 Å². The minimum atomic E-state index is -0.203. The summed E-state index contributed by atoms with van der Waals surface area (Å²) < 4.78 is 12.5. The number of nitrogens with zero attached hydrogens (tertiary/aromatic N) is 1. The van der Waals surface area contributed by atoms with Crippen LogP contribution in [0.1, 0.15) is 19.3 Å². The number of halogens is 1. The molecule has 1 N–H and O–H groups in total. The van der Waals surface area contributed by atoms with E-state index in [4.69, 9.17) is 0 Å². The summed E-state index contributed by atoms with van der Waals surface area (Å²) in [5.41, 5.74) is 0.393. The summed E-state index contributed by atoms with van der Waals surface area (Å²) in [7, 11) is 2.17. The summed E-state index contributed by atoms with van der Waals surface area (Å²) in [6.07, 6.45) is 3.59. The minimum Gasteiger partial charge on any atom is -0.311 e. The van der Waals surface area contributed by atoms with E-state index in [2.05, 4.69) is 17.3 Å². The molecule has 2 nitrogen and oxygen atoms in total. The number of rotatable bonds is 1. The first-order valence-corrected chi connectivity index (χ1v) is 5.22. The first kappa shape index (κ1) is 9.41. The highest BCUT2D eigenvalue weighted by Gasteiger charge is 2.40. The van der Waals surface area contributed by atoms with E-state index in [-0.39, 0.29) is 12.7 Å². The highest BCUT2D eigenvalue weighted by molar-refractivity contribution is 4.97. The molecule has 0 bridgehead atoms. The van der Waals surface area contributed by atoms with Gasteiger partial charge in [-0.25, -0.2) is 4.39 Å². The Balaban J connectivity index is 1.97. The average molecular weight is 186 g/mol. The Kier molecular flexibility index (Phi) is 2.56. The van der Waals surface area contributed by atoms with Crippen molar-refractivity contribution in [3.63, 3.8) is 0 Å². The van der Waals surface area contributed by atoms with Crippen LogP contribution in [0, 0.1) is 5.41 Å². The maximum absolute atomic E-state index is 12.5. The Hall–Kier alpha value is -0.150. The van der Waals surface area contributed by atoms with Crippen molar-refractivity contribution in [1.29, 1.82) is 0 Å². The van der Waals surface area contributed by atoms with Gasteiger partial charge in [-0.2, -0.15) is 0 Å². The summed E-state index contributed by atoms with van der Waals surface area (Å²) >= 11 is 0. The van der Waals surface area contributed by atoms with Crippen molar-refractivity contribution in [2.24, 2.45) is 5.41 Å². The molecule has 3 heteroatoms. The molecule has 0 saturated carbocycles. The van der Waals surface area contributed by atoms with Crippen LogP contribution in [-0.4, -0.2) is 44.3 Å². The van der Waals surface area contributed by atoms with Gasteiger partial charge in [-0.1, -0.05) is 0 Å². The smallest absolute Gasteiger partial charge is 0.105 e. The van der Waals surface area contributed by atoms with Gasteiger partial charge in [-0.3, -0.25) is 0 Å². The van der Waals surface area contributed by atoms with Gasteiger partial charge in [0.25, 0.3) is 0 Å². The van der Waals surface area contributed by atoms with Crippen LogP contribution in [0.3, 0.4) is 0 Å². The van der Waals surface area contributed by atoms with E-state index in [1.165, 1.54) is 19.4 Å². The molecule has 2 fully saturated rings. The molecular formula is C10H19FN2. The van der Waals surface area contributed by atoms with Crippen LogP contribution in [-0.2, 0) is 0 Å². The number of likely N-dealkylation sites (tertiary alicyclic amines) is 1. The second-order valence-corrected chi connectivity index (χ2v) is 4.78. The van der Waals surface area contributed by atoms with Crippen molar-refractivity contribution in [3.05, 3.63) is 0 Å². The first-order valence-electron chi connectivity index (χ1n) is 5.22. The molecule has 2 unspecified atom stereocenters. The van der Waals surface area contributed by atoms with Crippen LogP contribution in [0.5, 0.6) is 0 Å². The fraction of sp³-hybridized carbons (Fsp3) is 1.00. The molecule has 0 aromatic carbocycles. The van der Waals surface area contributed by atoms with E-state index < -0.39 is 0 Å². The third kappa shape index (κ3) is 1.86. The van der Waals surface area contributed by atoms with Gasteiger partial charge in [-0.15, -0.1) is 0 Å². The van der Waals surface area contributed by atoms with Gasteiger partial charge in [0.15, 0.2) is 0 Å². The summed E-state index contributed by atoms with van der Waals surface area (Å²) in [6, 6.07) is 0.131. The molecule has 2 atom stereocenters. The highest BCUT2D eigenvalue weighted by Crippen LogP contribution is 2.37. The number of hydrogen-bond acceptors (Lipinski definition) is 2. The predicted octanol–water partition coefficient (Wildman–Crippen LogP) is 1.03. The standard InChI is InChI=1S/C10H19FN2/c1-13-4-2-3-10(8-13)5-9(6-11)12-7-10/h9,12H,2-8H2,1H3. The normalized spacial score (nSPS) is 41.5. The monoisotopic (exact) mass is 186 g/mol. The van der Waals surface area contributed by atoms with E-state index >= 15 is 0 Å². The number of hydrogen-bond donors (Lipinski definition) is 1. The van der Waals surface area contributed by atoms with E-state index in [9.17, 15) is 4.39 Å². The van der Waals surface area contributed by atoms with Crippen LogP contribution in [0.25, 0.3) is 0 Å².